The van der Waals surface area contributed by atoms with Gasteiger partial charge in [0, 0.05) is 0 Å². The van der Waals surface area contributed by atoms with Crippen LogP contribution >= 0.6 is 0 Å². The van der Waals surface area contributed by atoms with E-state index in [2.05, 4.69) is 43.5 Å². The lowest BCUT2D eigenvalue weighted by atomic mass is 9.77. The largest absolute Gasteiger partial charge is 0.383 e. The maximum atomic E-state index is 14.7. The summed E-state index contributed by atoms with van der Waals surface area (Å²) in [5.74, 6) is 2.52. The van der Waals surface area contributed by atoms with Gasteiger partial charge in [-0.3, -0.25) is 0 Å². The van der Waals surface area contributed by atoms with Crippen molar-refractivity contribution in [1.29, 1.82) is 0 Å². The minimum atomic E-state index is -3.27. The van der Waals surface area contributed by atoms with E-state index in [1.54, 1.807) is 12.1 Å². The first kappa shape index (κ1) is 26.8. The van der Waals surface area contributed by atoms with Crippen LogP contribution in [0.4, 0.5) is 8.78 Å². The minimum Gasteiger partial charge on any atom is -0.316 e. The van der Waals surface area contributed by atoms with Gasteiger partial charge in [0.25, 0.3) is 0 Å². The topological polar surface area (TPSA) is 9.23 Å². The quantitative estimate of drug-likeness (QED) is 0.284. The van der Waals surface area contributed by atoms with Crippen LogP contribution < -0.4 is 0 Å². The van der Waals surface area contributed by atoms with Crippen LogP contribution in [0.1, 0.15) is 98.3 Å². The highest BCUT2D eigenvalue weighted by molar-refractivity contribution is 5.28. The highest BCUT2D eigenvalue weighted by Gasteiger charge is 2.33. The second-order valence-electron chi connectivity index (χ2n) is 10.9. The summed E-state index contributed by atoms with van der Waals surface area (Å²) in [5, 5.41) is 0. The minimum absolute atomic E-state index is 0.00668. The molecule has 0 heterocycles. The van der Waals surface area contributed by atoms with Crippen LogP contribution in [0, 0.1) is 11.8 Å². The van der Waals surface area contributed by atoms with Crippen molar-refractivity contribution in [1.82, 2.24) is 0 Å². The molecule has 1 nitrogen and oxygen atoms in total. The van der Waals surface area contributed by atoms with Crippen LogP contribution in [-0.2, 0) is 17.3 Å². The molecular weight excluding hydrogens is 450 g/mol. The first-order valence-corrected chi connectivity index (χ1v) is 13.9. The number of alkyl halides is 2. The highest BCUT2D eigenvalue weighted by atomic mass is 19.3. The van der Waals surface area contributed by atoms with Gasteiger partial charge in [0.15, 0.2) is 0 Å². The number of hydrogen-bond acceptors (Lipinski definition) is 1. The van der Waals surface area contributed by atoms with Crippen LogP contribution in [0.2, 0.25) is 0 Å². The zero-order valence-electron chi connectivity index (χ0n) is 21.6. The van der Waals surface area contributed by atoms with Crippen molar-refractivity contribution in [3.8, 4) is 0 Å². The maximum absolute atomic E-state index is 14.7. The zero-order valence-corrected chi connectivity index (χ0v) is 21.6. The van der Waals surface area contributed by atoms with Crippen molar-refractivity contribution in [2.45, 2.75) is 88.6 Å². The van der Waals surface area contributed by atoms with Crippen molar-refractivity contribution in [2.75, 3.05) is 6.61 Å². The first-order chi connectivity index (χ1) is 17.5. The van der Waals surface area contributed by atoms with E-state index in [1.807, 2.05) is 18.2 Å². The van der Waals surface area contributed by atoms with Gasteiger partial charge < -0.3 is 4.74 Å². The second-order valence-corrected chi connectivity index (χ2v) is 10.9. The van der Waals surface area contributed by atoms with Crippen LogP contribution in [-0.4, -0.2) is 6.61 Å². The average molecular weight is 493 g/mol. The molecule has 0 atom stereocenters. The smallest absolute Gasteiger partial charge is 0.316 e. The van der Waals surface area contributed by atoms with Crippen molar-refractivity contribution < 1.29 is 13.5 Å². The molecular formula is C33H42F2O. The van der Waals surface area contributed by atoms with Crippen molar-refractivity contribution in [3.63, 3.8) is 0 Å². The Bertz CT molecular complexity index is 946. The molecule has 0 amide bonds. The zero-order chi connectivity index (χ0) is 25.4. The third kappa shape index (κ3) is 7.16. The summed E-state index contributed by atoms with van der Waals surface area (Å²) in [6, 6.07) is 15.3. The number of halogens is 2. The van der Waals surface area contributed by atoms with Gasteiger partial charge in [-0.2, -0.15) is 8.78 Å². The predicted molar refractivity (Wildman–Crippen MR) is 145 cm³/mol. The van der Waals surface area contributed by atoms with E-state index < -0.39 is 6.11 Å². The highest BCUT2D eigenvalue weighted by Crippen LogP contribution is 2.39. The molecule has 0 aliphatic heterocycles. The Morgan fingerprint density at radius 1 is 0.778 bits per heavy atom. The van der Waals surface area contributed by atoms with Gasteiger partial charge >= 0.3 is 6.11 Å². The fraction of sp³-hybridized carbons (Fsp3) is 0.515. The van der Waals surface area contributed by atoms with Gasteiger partial charge in [-0.05, 0) is 111 Å². The monoisotopic (exact) mass is 492 g/mol. The van der Waals surface area contributed by atoms with Gasteiger partial charge in [0.2, 0.25) is 0 Å². The standard InChI is InChI=1S/C33H42F2O/c1-3-5-6-26-9-15-30(16-10-26)31-19-21-32(22-20-31)33(34,35)36-24-23-27-11-17-29(18-12-27)28-13-7-25(4-2)8-14-28/h3-4,11-12,17-22,25-26,28,30H,1-2,5-10,13-16,23-24H2/t25-,26-,28-,30-. The number of rotatable bonds is 11. The molecule has 2 aromatic carbocycles. The molecule has 2 saturated carbocycles. The molecule has 36 heavy (non-hydrogen) atoms. The van der Waals surface area contributed by atoms with Crippen LogP contribution in [0.25, 0.3) is 0 Å². The molecule has 0 aromatic heterocycles. The predicted octanol–water partition coefficient (Wildman–Crippen LogP) is 9.69. The molecule has 0 radical (unpaired) electrons. The summed E-state index contributed by atoms with van der Waals surface area (Å²) in [5.41, 5.74) is 3.51. The molecule has 194 valence electrons. The number of benzene rings is 2. The Morgan fingerprint density at radius 3 is 1.89 bits per heavy atom. The van der Waals surface area contributed by atoms with E-state index in [0.717, 1.165) is 30.7 Å². The lowest BCUT2D eigenvalue weighted by Crippen LogP contribution is -2.20. The summed E-state index contributed by atoms with van der Waals surface area (Å²) >= 11 is 0. The lowest BCUT2D eigenvalue weighted by molar-refractivity contribution is -0.248. The SMILES string of the molecule is C=CCC[C@H]1CC[C@H](c2ccc(C(F)(F)OCCc3ccc([C@H]4CC[C@H](C=C)CC4)cc3)cc2)CC1. The summed E-state index contributed by atoms with van der Waals surface area (Å²) in [7, 11) is 0. The van der Waals surface area contributed by atoms with E-state index in [0.29, 0.717) is 24.2 Å². The van der Waals surface area contributed by atoms with Gasteiger partial charge in [0.1, 0.15) is 0 Å². The van der Waals surface area contributed by atoms with E-state index in [1.165, 1.54) is 56.1 Å². The number of allylic oxidation sites excluding steroid dienone is 2. The number of ether oxygens (including phenoxy) is 1. The summed E-state index contributed by atoms with van der Waals surface area (Å²) in [6.07, 6.45) is 13.1. The second kappa shape index (κ2) is 12.8. The normalized spacial score (nSPS) is 24.8. The molecule has 0 N–H and O–H groups in total. The molecule has 0 unspecified atom stereocenters. The van der Waals surface area contributed by atoms with Crippen LogP contribution in [0.15, 0.2) is 73.8 Å². The molecule has 2 fully saturated rings. The van der Waals surface area contributed by atoms with Crippen molar-refractivity contribution in [2.24, 2.45) is 11.8 Å². The number of hydrogen-bond donors (Lipinski definition) is 0. The Labute approximate surface area is 216 Å². The molecule has 0 bridgehead atoms. The third-order valence-electron chi connectivity index (χ3n) is 8.57. The van der Waals surface area contributed by atoms with Crippen molar-refractivity contribution >= 4 is 0 Å². The van der Waals surface area contributed by atoms with Gasteiger partial charge in [-0.15, -0.1) is 13.2 Å². The molecule has 3 heteroatoms. The van der Waals surface area contributed by atoms with E-state index in [4.69, 9.17) is 4.74 Å². The fourth-order valence-electron chi connectivity index (χ4n) is 6.11. The van der Waals surface area contributed by atoms with Crippen molar-refractivity contribution in [3.05, 3.63) is 96.1 Å². The molecule has 0 spiro atoms. The van der Waals surface area contributed by atoms with E-state index >= 15 is 0 Å². The molecule has 2 aliphatic carbocycles. The summed E-state index contributed by atoms with van der Waals surface area (Å²) in [6.45, 7) is 7.74. The summed E-state index contributed by atoms with van der Waals surface area (Å²) < 4.78 is 34.5. The van der Waals surface area contributed by atoms with Crippen LogP contribution in [0.5, 0.6) is 0 Å². The molecule has 4 rings (SSSR count). The molecule has 2 aromatic rings. The van der Waals surface area contributed by atoms with Crippen LogP contribution in [0.3, 0.4) is 0 Å². The Hall–Kier alpha value is -2.26. The Morgan fingerprint density at radius 2 is 1.33 bits per heavy atom. The van der Waals surface area contributed by atoms with Gasteiger partial charge in [-0.25, -0.2) is 0 Å². The van der Waals surface area contributed by atoms with Gasteiger partial charge in [-0.1, -0.05) is 60.7 Å². The molecule has 0 saturated heterocycles. The lowest BCUT2D eigenvalue weighted by Gasteiger charge is -2.29. The average Bonchev–Trinajstić information content (AvgIpc) is 2.93. The fourth-order valence-corrected chi connectivity index (χ4v) is 6.11. The Kier molecular flexibility index (Phi) is 9.53. The Balaban J connectivity index is 1.23. The van der Waals surface area contributed by atoms with E-state index in [9.17, 15) is 8.78 Å². The van der Waals surface area contributed by atoms with Gasteiger partial charge in [0.05, 0.1) is 12.2 Å². The maximum Gasteiger partial charge on any atom is 0.383 e. The molecule has 2 aliphatic rings. The first-order valence-electron chi connectivity index (χ1n) is 13.9. The third-order valence-corrected chi connectivity index (χ3v) is 8.57. The van der Waals surface area contributed by atoms with E-state index in [-0.39, 0.29) is 12.2 Å². The summed E-state index contributed by atoms with van der Waals surface area (Å²) in [4.78, 5) is 0.